The van der Waals surface area contributed by atoms with Crippen LogP contribution in [0.1, 0.15) is 0 Å². The molecule has 0 aromatic carbocycles. The Morgan fingerprint density at radius 1 is 1.40 bits per heavy atom. The van der Waals surface area contributed by atoms with Gasteiger partial charge in [0.15, 0.2) is 5.62 Å². The smallest absolute Gasteiger partial charge is 0.153 e. The van der Waals surface area contributed by atoms with E-state index < -0.39 is 0 Å². The first-order chi connectivity index (χ1) is 4.75. The van der Waals surface area contributed by atoms with Gasteiger partial charge < -0.3 is 0 Å². The summed E-state index contributed by atoms with van der Waals surface area (Å²) in [6, 6.07) is 0. The molecule has 0 aliphatic carbocycles. The van der Waals surface area contributed by atoms with Crippen molar-refractivity contribution in [1.82, 2.24) is 9.32 Å². The average molecular weight is 204 g/mol. The van der Waals surface area contributed by atoms with Crippen LogP contribution in [0, 0.1) is 0 Å². The first kappa shape index (κ1) is 8.88. The molecule has 0 spiro atoms. The van der Waals surface area contributed by atoms with Gasteiger partial charge in [-0.1, -0.05) is 11.6 Å². The standard InChI is InChI=1S/C5H9Cl3N2/c6-1-2-9-3-4-10(8)5(9)7/h5H,1-4H2. The fraction of sp³-hybridized carbons (Fsp3) is 1.00. The molecule has 2 nitrogen and oxygen atoms in total. The number of rotatable bonds is 2. The van der Waals surface area contributed by atoms with Crippen LogP contribution in [-0.2, 0) is 0 Å². The Bertz CT molecular complexity index is 109. The molecule has 1 rings (SSSR count). The first-order valence-electron chi connectivity index (χ1n) is 3.12. The van der Waals surface area contributed by atoms with Gasteiger partial charge in [-0.05, 0) is 11.8 Å². The largest absolute Gasteiger partial charge is 0.272 e. The molecule has 1 heterocycles. The van der Waals surface area contributed by atoms with Crippen molar-refractivity contribution in [3.8, 4) is 0 Å². The highest BCUT2D eigenvalue weighted by atomic mass is 35.5. The third kappa shape index (κ3) is 1.89. The second-order valence-corrected chi connectivity index (χ2v) is 3.36. The molecule has 0 saturated carbocycles. The zero-order valence-electron chi connectivity index (χ0n) is 5.43. The molecule has 60 valence electrons. The Hall–Kier alpha value is 0.790. The molecule has 1 aliphatic rings. The van der Waals surface area contributed by atoms with E-state index in [9.17, 15) is 0 Å². The lowest BCUT2D eigenvalue weighted by Crippen LogP contribution is -2.31. The zero-order chi connectivity index (χ0) is 7.56. The average Bonchev–Trinajstić information content (AvgIpc) is 2.20. The fourth-order valence-corrected chi connectivity index (χ4v) is 1.65. The minimum atomic E-state index is -0.180. The SMILES string of the molecule is ClCCN1CCN(Cl)C1Cl. The van der Waals surface area contributed by atoms with Gasteiger partial charge in [0.05, 0.1) is 0 Å². The molecule has 0 aromatic rings. The second kappa shape index (κ2) is 3.98. The summed E-state index contributed by atoms with van der Waals surface area (Å²) in [5.41, 5.74) is -0.180. The Balaban J connectivity index is 2.33. The molecule has 0 aromatic heterocycles. The van der Waals surface area contributed by atoms with Gasteiger partial charge in [-0.3, -0.25) is 4.90 Å². The minimum Gasteiger partial charge on any atom is -0.272 e. The van der Waals surface area contributed by atoms with Gasteiger partial charge in [-0.25, -0.2) is 0 Å². The van der Waals surface area contributed by atoms with Gasteiger partial charge in [0.25, 0.3) is 0 Å². The Morgan fingerprint density at radius 2 is 2.10 bits per heavy atom. The van der Waals surface area contributed by atoms with E-state index in [1.165, 1.54) is 0 Å². The molecule has 10 heavy (non-hydrogen) atoms. The highest BCUT2D eigenvalue weighted by Gasteiger charge is 2.27. The summed E-state index contributed by atoms with van der Waals surface area (Å²) in [5.74, 6) is 0.605. The molecule has 1 saturated heterocycles. The maximum absolute atomic E-state index is 5.87. The third-order valence-corrected chi connectivity index (χ3v) is 2.64. The van der Waals surface area contributed by atoms with Crippen molar-refractivity contribution in [2.45, 2.75) is 5.62 Å². The number of alkyl halides is 2. The summed E-state index contributed by atoms with van der Waals surface area (Å²) in [6.07, 6.45) is 0. The Morgan fingerprint density at radius 3 is 2.50 bits per heavy atom. The highest BCUT2D eigenvalue weighted by Crippen LogP contribution is 2.19. The first-order valence-corrected chi connectivity index (χ1v) is 4.43. The van der Waals surface area contributed by atoms with E-state index in [4.69, 9.17) is 35.0 Å². The molecule has 0 bridgehead atoms. The van der Waals surface area contributed by atoms with Crippen molar-refractivity contribution in [1.29, 1.82) is 0 Å². The van der Waals surface area contributed by atoms with Gasteiger partial charge in [0, 0.05) is 25.5 Å². The molecule has 1 aliphatic heterocycles. The van der Waals surface area contributed by atoms with E-state index in [-0.39, 0.29) is 5.62 Å². The van der Waals surface area contributed by atoms with E-state index >= 15 is 0 Å². The highest BCUT2D eigenvalue weighted by molar-refractivity contribution is 6.25. The summed E-state index contributed by atoms with van der Waals surface area (Å²) < 4.78 is 1.58. The lowest BCUT2D eigenvalue weighted by atomic mass is 10.6. The summed E-state index contributed by atoms with van der Waals surface area (Å²) >= 11 is 17.1. The summed E-state index contributed by atoms with van der Waals surface area (Å²) in [6.45, 7) is 2.52. The van der Waals surface area contributed by atoms with Crippen molar-refractivity contribution in [3.05, 3.63) is 0 Å². The van der Waals surface area contributed by atoms with Crippen LogP contribution < -0.4 is 0 Å². The predicted molar refractivity (Wildman–Crippen MR) is 44.5 cm³/mol. The van der Waals surface area contributed by atoms with Crippen LogP contribution >= 0.6 is 35.0 Å². The summed E-state index contributed by atoms with van der Waals surface area (Å²) in [5, 5.41) is 0. The maximum atomic E-state index is 5.87. The van der Waals surface area contributed by atoms with Gasteiger partial charge in [0.2, 0.25) is 0 Å². The molecule has 1 unspecified atom stereocenters. The Labute approximate surface area is 75.7 Å². The van der Waals surface area contributed by atoms with Gasteiger partial charge >= 0.3 is 0 Å². The second-order valence-electron chi connectivity index (χ2n) is 2.16. The van der Waals surface area contributed by atoms with E-state index in [1.54, 1.807) is 4.42 Å². The van der Waals surface area contributed by atoms with E-state index in [0.717, 1.165) is 19.6 Å². The van der Waals surface area contributed by atoms with E-state index in [1.807, 2.05) is 4.90 Å². The quantitative estimate of drug-likeness (QED) is 0.381. The molecule has 5 heteroatoms. The molecule has 0 N–H and O–H groups in total. The van der Waals surface area contributed by atoms with Crippen LogP contribution in [0.3, 0.4) is 0 Å². The van der Waals surface area contributed by atoms with Crippen LogP contribution in [0.15, 0.2) is 0 Å². The number of hydrogen-bond donors (Lipinski definition) is 0. The van der Waals surface area contributed by atoms with Crippen molar-refractivity contribution in [3.63, 3.8) is 0 Å². The monoisotopic (exact) mass is 202 g/mol. The van der Waals surface area contributed by atoms with Crippen LogP contribution in [0.2, 0.25) is 0 Å². The molecular weight excluding hydrogens is 194 g/mol. The summed E-state index contributed by atoms with van der Waals surface area (Å²) in [4.78, 5) is 2.03. The van der Waals surface area contributed by atoms with Gasteiger partial charge in [-0.2, -0.15) is 4.42 Å². The molecule has 0 radical (unpaired) electrons. The number of hydrogen-bond acceptors (Lipinski definition) is 2. The molecule has 1 atom stereocenters. The van der Waals surface area contributed by atoms with Gasteiger partial charge in [0.1, 0.15) is 0 Å². The van der Waals surface area contributed by atoms with Crippen molar-refractivity contribution in [2.75, 3.05) is 25.5 Å². The lowest BCUT2D eigenvalue weighted by Gasteiger charge is -2.18. The fourth-order valence-electron chi connectivity index (χ4n) is 0.941. The van der Waals surface area contributed by atoms with Gasteiger partial charge in [-0.15, -0.1) is 11.6 Å². The van der Waals surface area contributed by atoms with Crippen LogP contribution in [-0.4, -0.2) is 40.5 Å². The van der Waals surface area contributed by atoms with Crippen LogP contribution in [0.4, 0.5) is 0 Å². The number of halogens is 3. The van der Waals surface area contributed by atoms with Crippen molar-refractivity contribution in [2.24, 2.45) is 0 Å². The topological polar surface area (TPSA) is 6.48 Å². The van der Waals surface area contributed by atoms with Crippen LogP contribution in [0.5, 0.6) is 0 Å². The Kier molecular flexibility index (Phi) is 3.53. The molecular formula is C5H9Cl3N2. The van der Waals surface area contributed by atoms with Crippen molar-refractivity contribution < 1.29 is 0 Å². The van der Waals surface area contributed by atoms with Crippen molar-refractivity contribution >= 4 is 35.0 Å². The molecule has 1 fully saturated rings. The molecule has 0 amide bonds. The van der Waals surface area contributed by atoms with Crippen LogP contribution in [0.25, 0.3) is 0 Å². The predicted octanol–water partition coefficient (Wildman–Crippen LogP) is 1.52. The van der Waals surface area contributed by atoms with E-state index in [2.05, 4.69) is 0 Å². The lowest BCUT2D eigenvalue weighted by molar-refractivity contribution is 0.287. The third-order valence-electron chi connectivity index (χ3n) is 1.51. The van der Waals surface area contributed by atoms with E-state index in [0.29, 0.717) is 5.88 Å². The summed E-state index contributed by atoms with van der Waals surface area (Å²) in [7, 11) is 0. The maximum Gasteiger partial charge on any atom is 0.153 e. The minimum absolute atomic E-state index is 0.180. The normalized spacial score (nSPS) is 29.7. The zero-order valence-corrected chi connectivity index (χ0v) is 7.70. The number of nitrogens with zero attached hydrogens (tertiary/aromatic N) is 2.